The van der Waals surface area contributed by atoms with Gasteiger partial charge in [-0.2, -0.15) is 8.78 Å². The highest BCUT2D eigenvalue weighted by Gasteiger charge is 2.17. The number of aromatic nitrogens is 3. The maximum absolute atomic E-state index is 12.4. The van der Waals surface area contributed by atoms with E-state index in [1.807, 2.05) is 30.3 Å². The normalized spacial score (nSPS) is 11.1. The Morgan fingerprint density at radius 3 is 2.57 bits per heavy atom. The molecule has 7 heteroatoms. The van der Waals surface area contributed by atoms with Crippen LogP contribution in [0, 0.1) is 0 Å². The van der Waals surface area contributed by atoms with Crippen molar-refractivity contribution in [1.29, 1.82) is 0 Å². The molecular weight excluding hydrogens is 304 g/mol. The highest BCUT2D eigenvalue weighted by Crippen LogP contribution is 2.22. The van der Waals surface area contributed by atoms with E-state index < -0.39 is 12.3 Å². The Balaban J connectivity index is 1.76. The van der Waals surface area contributed by atoms with Gasteiger partial charge in [-0.05, 0) is 18.1 Å². The van der Waals surface area contributed by atoms with E-state index in [1.165, 1.54) is 6.07 Å². The Morgan fingerprint density at radius 1 is 1.13 bits per heavy atom. The van der Waals surface area contributed by atoms with Crippen molar-refractivity contribution < 1.29 is 13.2 Å². The Bertz CT molecular complexity index is 844. The van der Waals surface area contributed by atoms with Gasteiger partial charge < -0.3 is 8.98 Å². The van der Waals surface area contributed by atoms with Gasteiger partial charge in [-0.3, -0.25) is 4.79 Å². The SMILES string of the molecule is O=c1cc(-c2nnc(C(F)F)o2)ccn1CCc1ccccc1. The first kappa shape index (κ1) is 15.1. The van der Waals surface area contributed by atoms with Crippen molar-refractivity contribution in [3.8, 4) is 11.5 Å². The number of alkyl halides is 2. The second kappa shape index (κ2) is 6.51. The van der Waals surface area contributed by atoms with Crippen LogP contribution >= 0.6 is 0 Å². The monoisotopic (exact) mass is 317 g/mol. The van der Waals surface area contributed by atoms with Gasteiger partial charge in [-0.1, -0.05) is 30.3 Å². The molecule has 0 bridgehead atoms. The zero-order valence-electron chi connectivity index (χ0n) is 12.0. The summed E-state index contributed by atoms with van der Waals surface area (Å²) in [6, 6.07) is 12.7. The van der Waals surface area contributed by atoms with Crippen LogP contribution in [0.2, 0.25) is 0 Å². The Kier molecular flexibility index (Phi) is 4.27. The standard InChI is InChI=1S/C16H13F2N3O2/c17-14(18)16-20-19-15(23-16)12-7-9-21(13(22)10-12)8-6-11-4-2-1-3-5-11/h1-5,7,9-10,14H,6,8H2. The fraction of sp³-hybridized carbons (Fsp3) is 0.188. The second-order valence-electron chi connectivity index (χ2n) is 4.93. The van der Waals surface area contributed by atoms with Crippen molar-refractivity contribution >= 4 is 0 Å². The van der Waals surface area contributed by atoms with Crippen LogP contribution in [0.25, 0.3) is 11.5 Å². The van der Waals surface area contributed by atoms with Crippen LogP contribution in [0.15, 0.2) is 57.9 Å². The highest BCUT2D eigenvalue weighted by atomic mass is 19.3. The molecule has 2 heterocycles. The van der Waals surface area contributed by atoms with Gasteiger partial charge in [0.05, 0.1) is 0 Å². The molecule has 0 amide bonds. The molecule has 0 saturated heterocycles. The number of aryl methyl sites for hydroxylation is 2. The summed E-state index contributed by atoms with van der Waals surface area (Å²) in [7, 11) is 0. The predicted molar refractivity (Wildman–Crippen MR) is 79.1 cm³/mol. The summed E-state index contributed by atoms with van der Waals surface area (Å²) >= 11 is 0. The topological polar surface area (TPSA) is 60.9 Å². The van der Waals surface area contributed by atoms with Crippen molar-refractivity contribution in [3.63, 3.8) is 0 Å². The van der Waals surface area contributed by atoms with E-state index in [1.54, 1.807) is 16.8 Å². The quantitative estimate of drug-likeness (QED) is 0.725. The first-order valence-corrected chi connectivity index (χ1v) is 7.00. The molecule has 0 N–H and O–H groups in total. The van der Waals surface area contributed by atoms with Crippen LogP contribution in [-0.4, -0.2) is 14.8 Å². The number of rotatable bonds is 5. The van der Waals surface area contributed by atoms with E-state index in [2.05, 4.69) is 10.2 Å². The molecule has 0 aliphatic heterocycles. The van der Waals surface area contributed by atoms with Crippen LogP contribution < -0.4 is 5.56 Å². The van der Waals surface area contributed by atoms with Gasteiger partial charge in [0, 0.05) is 24.4 Å². The van der Waals surface area contributed by atoms with Crippen LogP contribution in [-0.2, 0) is 13.0 Å². The molecule has 0 aliphatic rings. The highest BCUT2D eigenvalue weighted by molar-refractivity contribution is 5.50. The molecule has 0 atom stereocenters. The lowest BCUT2D eigenvalue weighted by molar-refractivity contribution is 0.116. The smallest absolute Gasteiger partial charge is 0.314 e. The lowest BCUT2D eigenvalue weighted by Gasteiger charge is -2.06. The molecule has 0 radical (unpaired) electrons. The Labute approximate surface area is 130 Å². The van der Waals surface area contributed by atoms with E-state index in [0.29, 0.717) is 12.1 Å². The lowest BCUT2D eigenvalue weighted by atomic mass is 10.1. The average Bonchev–Trinajstić information content (AvgIpc) is 3.05. The van der Waals surface area contributed by atoms with Gasteiger partial charge in [0.1, 0.15) is 0 Å². The van der Waals surface area contributed by atoms with Gasteiger partial charge in [0.15, 0.2) is 0 Å². The van der Waals surface area contributed by atoms with Crippen molar-refractivity contribution in [1.82, 2.24) is 14.8 Å². The van der Waals surface area contributed by atoms with Crippen molar-refractivity contribution in [2.24, 2.45) is 0 Å². The molecule has 0 unspecified atom stereocenters. The maximum atomic E-state index is 12.4. The van der Waals surface area contributed by atoms with Crippen LogP contribution in [0.4, 0.5) is 8.78 Å². The summed E-state index contributed by atoms with van der Waals surface area (Å²) in [6.07, 6.45) is -0.522. The van der Waals surface area contributed by atoms with Crippen molar-refractivity contribution in [2.45, 2.75) is 19.4 Å². The molecule has 23 heavy (non-hydrogen) atoms. The van der Waals surface area contributed by atoms with Crippen molar-refractivity contribution in [2.75, 3.05) is 0 Å². The van der Waals surface area contributed by atoms with Gasteiger partial charge in [-0.15, -0.1) is 10.2 Å². The van der Waals surface area contributed by atoms with E-state index >= 15 is 0 Å². The molecule has 0 fully saturated rings. The summed E-state index contributed by atoms with van der Waals surface area (Å²) < 4.78 is 31.3. The fourth-order valence-corrected chi connectivity index (χ4v) is 2.16. The number of hydrogen-bond acceptors (Lipinski definition) is 4. The summed E-state index contributed by atoms with van der Waals surface area (Å²) in [5, 5.41) is 6.77. The van der Waals surface area contributed by atoms with Crippen LogP contribution in [0.3, 0.4) is 0 Å². The zero-order valence-corrected chi connectivity index (χ0v) is 12.0. The molecule has 2 aromatic heterocycles. The minimum absolute atomic E-state index is 0.0902. The largest absolute Gasteiger partial charge is 0.415 e. The zero-order chi connectivity index (χ0) is 16.2. The number of halogens is 2. The molecular formula is C16H13F2N3O2. The molecule has 3 rings (SSSR count). The molecule has 3 aromatic rings. The van der Waals surface area contributed by atoms with Gasteiger partial charge in [-0.25, -0.2) is 0 Å². The number of hydrogen-bond donors (Lipinski definition) is 0. The predicted octanol–water partition coefficient (Wildman–Crippen LogP) is 3.08. The minimum Gasteiger partial charge on any atom is -0.415 e. The first-order valence-electron chi connectivity index (χ1n) is 7.00. The third kappa shape index (κ3) is 3.50. The number of benzene rings is 1. The third-order valence-electron chi connectivity index (χ3n) is 3.35. The first-order chi connectivity index (χ1) is 11.1. The molecule has 0 spiro atoms. The van der Waals surface area contributed by atoms with Crippen molar-refractivity contribution in [3.05, 3.63) is 70.5 Å². The molecule has 0 aliphatic carbocycles. The van der Waals surface area contributed by atoms with E-state index in [-0.39, 0.29) is 11.4 Å². The molecule has 118 valence electrons. The second-order valence-corrected chi connectivity index (χ2v) is 4.93. The van der Waals surface area contributed by atoms with Crippen LogP contribution in [0.5, 0.6) is 0 Å². The van der Waals surface area contributed by atoms with E-state index in [9.17, 15) is 13.6 Å². The number of pyridine rings is 1. The molecule has 1 aromatic carbocycles. The Hall–Kier alpha value is -2.83. The van der Waals surface area contributed by atoms with Gasteiger partial charge >= 0.3 is 6.43 Å². The van der Waals surface area contributed by atoms with E-state index in [4.69, 9.17) is 4.42 Å². The summed E-state index contributed by atoms with van der Waals surface area (Å²) in [5.74, 6) is -0.846. The molecule has 0 saturated carbocycles. The van der Waals surface area contributed by atoms with Gasteiger partial charge in [0.25, 0.3) is 11.4 Å². The van der Waals surface area contributed by atoms with E-state index in [0.717, 1.165) is 12.0 Å². The minimum atomic E-state index is -2.83. The summed E-state index contributed by atoms with van der Waals surface area (Å²) in [5.41, 5.74) is 1.20. The lowest BCUT2D eigenvalue weighted by Crippen LogP contribution is -2.19. The average molecular weight is 317 g/mol. The summed E-state index contributed by atoms with van der Waals surface area (Å²) in [4.78, 5) is 12.1. The maximum Gasteiger partial charge on any atom is 0.314 e. The number of nitrogens with zero attached hydrogens (tertiary/aromatic N) is 3. The van der Waals surface area contributed by atoms with Crippen LogP contribution in [0.1, 0.15) is 17.9 Å². The fourth-order valence-electron chi connectivity index (χ4n) is 2.16. The Morgan fingerprint density at radius 2 is 1.91 bits per heavy atom. The third-order valence-corrected chi connectivity index (χ3v) is 3.35. The molecule has 5 nitrogen and oxygen atoms in total. The summed E-state index contributed by atoms with van der Waals surface area (Å²) in [6.45, 7) is 0.523. The van der Waals surface area contributed by atoms with Gasteiger partial charge in [0.2, 0.25) is 5.89 Å².